The zero-order valence-electron chi connectivity index (χ0n) is 6.01. The van der Waals surface area contributed by atoms with E-state index in [4.69, 9.17) is 9.84 Å². The average molecular weight is 239 g/mol. The average Bonchev–Trinajstić information content (AvgIpc) is 2.03. The van der Waals surface area contributed by atoms with Crippen molar-refractivity contribution in [2.24, 2.45) is 0 Å². The molecule has 2 nitrogen and oxygen atoms in total. The van der Waals surface area contributed by atoms with Crippen molar-refractivity contribution in [1.82, 2.24) is 0 Å². The van der Waals surface area contributed by atoms with Gasteiger partial charge in [-0.15, -0.1) is 0 Å². The molecule has 0 aliphatic rings. The van der Waals surface area contributed by atoms with Gasteiger partial charge in [0.15, 0.2) is 0 Å². The predicted octanol–water partition coefficient (Wildman–Crippen LogP) is 1.06. The summed E-state index contributed by atoms with van der Waals surface area (Å²) in [6, 6.07) is 9.43. The Balaban J connectivity index is 0.000001000. The second-order valence-corrected chi connectivity index (χ2v) is 1.89. The molecule has 0 saturated heterocycles. The summed E-state index contributed by atoms with van der Waals surface area (Å²) >= 11 is 0. The van der Waals surface area contributed by atoms with Crippen molar-refractivity contribution in [2.45, 2.75) is 0 Å². The minimum atomic E-state index is 0. The quantitative estimate of drug-likeness (QED) is 0.799. The van der Waals surface area contributed by atoms with Gasteiger partial charge in [-0.05, 0) is 12.1 Å². The second kappa shape index (κ2) is 6.32. The fourth-order valence-corrected chi connectivity index (χ4v) is 0.680. The molecule has 1 aromatic carbocycles. The minimum Gasteiger partial charge on any atom is -0.491 e. The van der Waals surface area contributed by atoms with Crippen LogP contribution in [0.4, 0.5) is 0 Å². The van der Waals surface area contributed by atoms with E-state index in [9.17, 15) is 0 Å². The van der Waals surface area contributed by atoms with Crippen LogP contribution in [0.25, 0.3) is 0 Å². The van der Waals surface area contributed by atoms with Gasteiger partial charge in [0.05, 0.1) is 6.61 Å². The van der Waals surface area contributed by atoms with E-state index in [1.54, 1.807) is 0 Å². The molecule has 0 fully saturated rings. The molecule has 0 saturated carbocycles. The van der Waals surface area contributed by atoms with Gasteiger partial charge in [0.2, 0.25) is 0 Å². The zero-order valence-corrected chi connectivity index (χ0v) is 7.75. The Morgan fingerprint density at radius 2 is 1.82 bits per heavy atom. The van der Waals surface area contributed by atoms with Gasteiger partial charge in [0, 0.05) is 19.5 Å². The summed E-state index contributed by atoms with van der Waals surface area (Å²) in [5, 5.41) is 8.40. The monoisotopic (exact) mass is 240 g/mol. The van der Waals surface area contributed by atoms with Crippen molar-refractivity contribution < 1.29 is 29.3 Å². The van der Waals surface area contributed by atoms with Crippen molar-refractivity contribution in [3.8, 4) is 5.75 Å². The van der Waals surface area contributed by atoms with Crippen LogP contribution >= 0.6 is 0 Å². The van der Waals surface area contributed by atoms with Crippen LogP contribution in [0.3, 0.4) is 0 Å². The van der Waals surface area contributed by atoms with Gasteiger partial charge < -0.3 is 9.84 Å². The molecule has 0 heterocycles. The van der Waals surface area contributed by atoms with E-state index >= 15 is 0 Å². The molecular weight excluding hydrogens is 229 g/mol. The van der Waals surface area contributed by atoms with Crippen LogP contribution in [-0.2, 0) is 19.5 Å². The summed E-state index contributed by atoms with van der Waals surface area (Å²) in [4.78, 5) is 0. The van der Waals surface area contributed by atoms with Crippen LogP contribution in [-0.4, -0.2) is 18.3 Å². The van der Waals surface area contributed by atoms with Crippen LogP contribution in [0, 0.1) is 0 Å². The maximum Gasteiger partial charge on any atom is 0.119 e. The molecule has 3 heteroatoms. The Morgan fingerprint density at radius 1 is 1.18 bits per heavy atom. The maximum atomic E-state index is 8.40. The van der Waals surface area contributed by atoms with E-state index in [0.29, 0.717) is 6.61 Å². The first-order valence-corrected chi connectivity index (χ1v) is 3.22. The molecule has 0 amide bonds. The fraction of sp³-hybridized carbons (Fsp3) is 0.250. The number of ether oxygens (including phenoxy) is 1. The topological polar surface area (TPSA) is 29.5 Å². The number of para-hydroxylation sites is 1. The van der Waals surface area contributed by atoms with E-state index in [-0.39, 0.29) is 26.1 Å². The summed E-state index contributed by atoms with van der Waals surface area (Å²) in [6.07, 6.45) is 0. The first-order chi connectivity index (χ1) is 4.93. The van der Waals surface area contributed by atoms with Gasteiger partial charge in [-0.2, -0.15) is 0 Å². The third-order valence-electron chi connectivity index (χ3n) is 1.10. The first-order valence-electron chi connectivity index (χ1n) is 3.22. The Kier molecular flexibility index (Phi) is 6.09. The van der Waals surface area contributed by atoms with Crippen LogP contribution in [0.5, 0.6) is 5.75 Å². The molecule has 0 aliphatic heterocycles. The molecule has 0 spiro atoms. The van der Waals surface area contributed by atoms with Gasteiger partial charge >= 0.3 is 0 Å². The number of rotatable bonds is 3. The van der Waals surface area contributed by atoms with E-state index in [2.05, 4.69) is 0 Å². The van der Waals surface area contributed by atoms with Crippen molar-refractivity contribution in [3.05, 3.63) is 30.3 Å². The number of benzene rings is 1. The molecule has 1 aromatic rings. The van der Waals surface area contributed by atoms with E-state index < -0.39 is 0 Å². The summed E-state index contributed by atoms with van der Waals surface area (Å²) in [5.41, 5.74) is 0. The Bertz CT molecular complexity index is 177. The molecule has 0 unspecified atom stereocenters. The Labute approximate surface area is 79.0 Å². The van der Waals surface area contributed by atoms with Crippen LogP contribution in [0.2, 0.25) is 0 Å². The summed E-state index contributed by atoms with van der Waals surface area (Å²) in [5.74, 6) is 0.802. The maximum absolute atomic E-state index is 8.40. The number of aliphatic hydroxyl groups excluding tert-OH is 1. The standard InChI is InChI=1S/C8H10O2.Ru/c9-6-7-10-8-4-2-1-3-5-8;/h1-5,9H,6-7H2;. The Morgan fingerprint density at radius 3 is 2.36 bits per heavy atom. The van der Waals surface area contributed by atoms with Crippen molar-refractivity contribution in [3.63, 3.8) is 0 Å². The van der Waals surface area contributed by atoms with Crippen molar-refractivity contribution in [1.29, 1.82) is 0 Å². The SMILES string of the molecule is OCCOc1ccccc1.[Ru]. The normalized spacial score (nSPS) is 8.45. The molecule has 0 bridgehead atoms. The van der Waals surface area contributed by atoms with E-state index in [1.165, 1.54) is 0 Å². The predicted molar refractivity (Wildman–Crippen MR) is 39.0 cm³/mol. The van der Waals surface area contributed by atoms with Gasteiger partial charge in [-0.25, -0.2) is 0 Å². The zero-order chi connectivity index (χ0) is 7.23. The number of hydrogen-bond donors (Lipinski definition) is 1. The molecule has 1 N–H and O–H groups in total. The summed E-state index contributed by atoms with van der Waals surface area (Å²) in [7, 11) is 0. The molecule has 0 aromatic heterocycles. The van der Waals surface area contributed by atoms with Crippen LogP contribution < -0.4 is 4.74 Å². The van der Waals surface area contributed by atoms with Gasteiger partial charge in [-0.3, -0.25) is 0 Å². The molecule has 0 atom stereocenters. The van der Waals surface area contributed by atoms with Gasteiger partial charge in [-0.1, -0.05) is 18.2 Å². The molecular formula is C8H10O2Ru. The third-order valence-corrected chi connectivity index (χ3v) is 1.10. The minimum absolute atomic E-state index is 0. The largest absolute Gasteiger partial charge is 0.491 e. The fourth-order valence-electron chi connectivity index (χ4n) is 0.680. The van der Waals surface area contributed by atoms with Crippen LogP contribution in [0.1, 0.15) is 0 Å². The smallest absolute Gasteiger partial charge is 0.119 e. The molecule has 62 valence electrons. The molecule has 0 radical (unpaired) electrons. The van der Waals surface area contributed by atoms with Gasteiger partial charge in [0.1, 0.15) is 12.4 Å². The number of aliphatic hydroxyl groups is 1. The Hall–Kier alpha value is -0.397. The van der Waals surface area contributed by atoms with E-state index in [0.717, 1.165) is 5.75 Å². The summed E-state index contributed by atoms with van der Waals surface area (Å²) in [6.45, 7) is 0.429. The number of hydrogen-bond acceptors (Lipinski definition) is 2. The van der Waals surface area contributed by atoms with Gasteiger partial charge in [0.25, 0.3) is 0 Å². The second-order valence-electron chi connectivity index (χ2n) is 1.89. The molecule has 11 heavy (non-hydrogen) atoms. The van der Waals surface area contributed by atoms with Crippen molar-refractivity contribution in [2.75, 3.05) is 13.2 Å². The van der Waals surface area contributed by atoms with Crippen LogP contribution in [0.15, 0.2) is 30.3 Å². The summed E-state index contributed by atoms with van der Waals surface area (Å²) < 4.78 is 5.11. The molecule has 1 rings (SSSR count). The van der Waals surface area contributed by atoms with Crippen molar-refractivity contribution >= 4 is 0 Å². The third kappa shape index (κ3) is 4.12. The van der Waals surface area contributed by atoms with E-state index in [1.807, 2.05) is 30.3 Å². The molecule has 0 aliphatic carbocycles. The first kappa shape index (κ1) is 10.6.